The van der Waals surface area contributed by atoms with Gasteiger partial charge in [-0.15, -0.1) is 0 Å². The Kier molecular flexibility index (Phi) is 5.50. The van der Waals surface area contributed by atoms with Crippen LogP contribution in [-0.2, 0) is 9.59 Å². The Bertz CT molecular complexity index is 1070. The molecule has 1 aliphatic heterocycles. The lowest BCUT2D eigenvalue weighted by molar-refractivity contribution is -0.385. The number of hydrogen-bond donors (Lipinski definition) is 0. The van der Waals surface area contributed by atoms with Gasteiger partial charge in [0.1, 0.15) is 12.4 Å². The van der Waals surface area contributed by atoms with Crippen LogP contribution in [0.25, 0.3) is 0 Å². The standard InChI is InChI=1S/C22H21FN4O4/c1-25(22(29)15-5-6-15)13-21(28)26-20(16-3-2-4-18(11-16)27(30)31)12-19(24-26)14-7-9-17(23)10-8-14/h2-4,7-11,15,20H,5-6,12-13H2,1H3/t20-/m1/s1. The van der Waals surface area contributed by atoms with Crippen LogP contribution < -0.4 is 0 Å². The van der Waals surface area contributed by atoms with E-state index in [-0.39, 0.29) is 35.8 Å². The van der Waals surface area contributed by atoms with Crippen LogP contribution in [0.4, 0.5) is 10.1 Å². The van der Waals surface area contributed by atoms with E-state index in [4.69, 9.17) is 0 Å². The first-order chi connectivity index (χ1) is 14.8. The Morgan fingerprint density at radius 1 is 1.23 bits per heavy atom. The Balaban J connectivity index is 1.63. The molecule has 0 aromatic heterocycles. The number of hydrogen-bond acceptors (Lipinski definition) is 5. The zero-order chi connectivity index (χ0) is 22.1. The molecule has 4 rings (SSSR count). The SMILES string of the molecule is CN(CC(=O)N1N=C(c2ccc(F)cc2)C[C@@H]1c1cccc([N+](=O)[O-])c1)C(=O)C1CC1. The van der Waals surface area contributed by atoms with Crippen LogP contribution in [0.5, 0.6) is 0 Å². The second-order valence-electron chi connectivity index (χ2n) is 7.83. The molecule has 1 fully saturated rings. The lowest BCUT2D eigenvalue weighted by Crippen LogP contribution is -2.39. The summed E-state index contributed by atoms with van der Waals surface area (Å²) in [6, 6.07) is 11.3. The molecule has 0 saturated heterocycles. The van der Waals surface area contributed by atoms with Crippen molar-refractivity contribution in [2.75, 3.05) is 13.6 Å². The minimum atomic E-state index is -0.558. The highest BCUT2D eigenvalue weighted by Crippen LogP contribution is 2.35. The molecule has 160 valence electrons. The maximum atomic E-state index is 13.3. The second-order valence-corrected chi connectivity index (χ2v) is 7.83. The maximum Gasteiger partial charge on any atom is 0.269 e. The first kappa shape index (κ1) is 20.6. The van der Waals surface area contributed by atoms with Gasteiger partial charge in [0.15, 0.2) is 0 Å². The maximum absolute atomic E-state index is 13.3. The number of nitro benzene ring substituents is 1. The molecule has 0 N–H and O–H groups in total. The van der Waals surface area contributed by atoms with Crippen LogP contribution in [-0.4, -0.2) is 46.0 Å². The van der Waals surface area contributed by atoms with Crippen molar-refractivity contribution in [3.8, 4) is 0 Å². The van der Waals surface area contributed by atoms with Crippen molar-refractivity contribution < 1.29 is 18.9 Å². The Hall–Kier alpha value is -3.62. The third-order valence-corrected chi connectivity index (χ3v) is 5.48. The van der Waals surface area contributed by atoms with Gasteiger partial charge in [0.2, 0.25) is 5.91 Å². The fraction of sp³-hybridized carbons (Fsp3) is 0.318. The predicted molar refractivity (Wildman–Crippen MR) is 111 cm³/mol. The number of halogens is 1. The van der Waals surface area contributed by atoms with Gasteiger partial charge in [0, 0.05) is 31.5 Å². The molecule has 0 bridgehead atoms. The monoisotopic (exact) mass is 424 g/mol. The number of nitrogens with zero attached hydrogens (tertiary/aromatic N) is 4. The third kappa shape index (κ3) is 4.45. The largest absolute Gasteiger partial charge is 0.336 e. The van der Waals surface area contributed by atoms with Gasteiger partial charge in [-0.3, -0.25) is 19.7 Å². The van der Waals surface area contributed by atoms with Gasteiger partial charge >= 0.3 is 0 Å². The summed E-state index contributed by atoms with van der Waals surface area (Å²) < 4.78 is 13.3. The first-order valence-corrected chi connectivity index (χ1v) is 9.98. The van der Waals surface area contributed by atoms with Crippen molar-refractivity contribution >= 4 is 23.2 Å². The van der Waals surface area contributed by atoms with E-state index in [9.17, 15) is 24.1 Å². The quantitative estimate of drug-likeness (QED) is 0.525. The Labute approximate surface area is 178 Å². The van der Waals surface area contributed by atoms with Gasteiger partial charge in [-0.05, 0) is 36.1 Å². The highest BCUT2D eigenvalue weighted by molar-refractivity contribution is 6.03. The van der Waals surface area contributed by atoms with Gasteiger partial charge in [-0.2, -0.15) is 5.10 Å². The van der Waals surface area contributed by atoms with E-state index in [0.29, 0.717) is 23.3 Å². The first-order valence-electron chi connectivity index (χ1n) is 9.98. The van der Waals surface area contributed by atoms with Crippen molar-refractivity contribution in [2.45, 2.75) is 25.3 Å². The fourth-order valence-corrected chi connectivity index (χ4v) is 3.66. The van der Waals surface area contributed by atoms with Crippen LogP contribution in [0.1, 0.15) is 36.4 Å². The fourth-order valence-electron chi connectivity index (χ4n) is 3.66. The summed E-state index contributed by atoms with van der Waals surface area (Å²) >= 11 is 0. The van der Waals surface area contributed by atoms with Crippen LogP contribution >= 0.6 is 0 Å². The van der Waals surface area contributed by atoms with E-state index >= 15 is 0 Å². The molecule has 31 heavy (non-hydrogen) atoms. The molecule has 8 nitrogen and oxygen atoms in total. The Morgan fingerprint density at radius 3 is 2.58 bits per heavy atom. The number of nitro groups is 1. The van der Waals surface area contributed by atoms with Crippen LogP contribution in [0.2, 0.25) is 0 Å². The number of hydrazone groups is 1. The van der Waals surface area contributed by atoms with Gasteiger partial charge in [-0.25, -0.2) is 9.40 Å². The number of carbonyl (C=O) groups is 2. The molecule has 2 amide bonds. The molecule has 1 atom stereocenters. The van der Waals surface area contributed by atoms with E-state index in [2.05, 4.69) is 5.10 Å². The minimum absolute atomic E-state index is 0.0118. The van der Waals surface area contributed by atoms with Gasteiger partial charge in [0.25, 0.3) is 11.6 Å². The number of amides is 2. The molecular formula is C22H21FN4O4. The summed E-state index contributed by atoms with van der Waals surface area (Å²) in [6.07, 6.45) is 1.99. The molecule has 0 unspecified atom stereocenters. The predicted octanol–water partition coefficient (Wildman–Crippen LogP) is 3.28. The third-order valence-electron chi connectivity index (χ3n) is 5.48. The topological polar surface area (TPSA) is 96.1 Å². The van der Waals surface area contributed by atoms with Gasteiger partial charge in [-0.1, -0.05) is 24.3 Å². The Morgan fingerprint density at radius 2 is 1.94 bits per heavy atom. The number of rotatable bonds is 6. The average molecular weight is 424 g/mol. The summed E-state index contributed by atoms with van der Waals surface area (Å²) in [5.41, 5.74) is 1.72. The van der Waals surface area contributed by atoms with E-state index in [0.717, 1.165) is 12.8 Å². The molecular weight excluding hydrogens is 403 g/mol. The summed E-state index contributed by atoms with van der Waals surface area (Å²) in [4.78, 5) is 37.4. The molecule has 1 aliphatic carbocycles. The number of likely N-dealkylation sites (N-methyl/N-ethyl adjacent to an activating group) is 1. The lowest BCUT2D eigenvalue weighted by Gasteiger charge is -2.24. The van der Waals surface area contributed by atoms with Crippen molar-refractivity contribution in [1.29, 1.82) is 0 Å². The molecule has 0 spiro atoms. The van der Waals surface area contributed by atoms with E-state index in [1.807, 2.05) is 0 Å². The minimum Gasteiger partial charge on any atom is -0.336 e. The van der Waals surface area contributed by atoms with Crippen LogP contribution in [0, 0.1) is 21.8 Å². The zero-order valence-electron chi connectivity index (χ0n) is 16.9. The molecule has 9 heteroatoms. The van der Waals surface area contributed by atoms with Crippen LogP contribution in [0.15, 0.2) is 53.6 Å². The second kappa shape index (κ2) is 8.25. The normalized spacial score (nSPS) is 17.9. The number of non-ortho nitro benzene ring substituents is 1. The number of carbonyl (C=O) groups excluding carboxylic acids is 2. The smallest absolute Gasteiger partial charge is 0.269 e. The van der Waals surface area contributed by atoms with Crippen molar-refractivity contribution in [1.82, 2.24) is 9.91 Å². The molecule has 1 saturated carbocycles. The van der Waals surface area contributed by atoms with Crippen molar-refractivity contribution in [3.05, 3.63) is 75.6 Å². The summed E-state index contributed by atoms with van der Waals surface area (Å²) in [6.45, 7) is -0.138. The van der Waals surface area contributed by atoms with E-state index in [1.165, 1.54) is 34.2 Å². The summed E-state index contributed by atoms with van der Waals surface area (Å²) in [7, 11) is 1.58. The molecule has 2 aromatic rings. The van der Waals surface area contributed by atoms with Gasteiger partial charge < -0.3 is 4.90 Å². The highest BCUT2D eigenvalue weighted by atomic mass is 19.1. The number of benzene rings is 2. The van der Waals surface area contributed by atoms with Crippen molar-refractivity contribution in [3.63, 3.8) is 0 Å². The molecule has 2 aromatic carbocycles. The molecule has 1 heterocycles. The summed E-state index contributed by atoms with van der Waals surface area (Å²) in [5.74, 6) is -0.847. The summed E-state index contributed by atoms with van der Waals surface area (Å²) in [5, 5.41) is 17.0. The average Bonchev–Trinajstić information content (AvgIpc) is 3.51. The molecule has 2 aliphatic rings. The van der Waals surface area contributed by atoms with Crippen LogP contribution in [0.3, 0.4) is 0 Å². The highest BCUT2D eigenvalue weighted by Gasteiger charge is 2.37. The van der Waals surface area contributed by atoms with E-state index in [1.54, 1.807) is 31.3 Å². The van der Waals surface area contributed by atoms with Crippen molar-refractivity contribution in [2.24, 2.45) is 11.0 Å². The lowest BCUT2D eigenvalue weighted by atomic mass is 9.98. The van der Waals surface area contributed by atoms with Gasteiger partial charge in [0.05, 0.1) is 16.7 Å². The zero-order valence-corrected chi connectivity index (χ0v) is 16.9. The molecule has 0 radical (unpaired) electrons. The van der Waals surface area contributed by atoms with E-state index < -0.39 is 11.0 Å².